The second-order valence-corrected chi connectivity index (χ2v) is 7.85. The molecule has 0 radical (unpaired) electrons. The van der Waals surface area contributed by atoms with Crippen LogP contribution in [0.25, 0.3) is 16.6 Å². The maximum atomic E-state index is 13.5. The third-order valence-corrected chi connectivity index (χ3v) is 5.79. The minimum atomic E-state index is -0.505. The molecule has 1 aliphatic rings. The Morgan fingerprint density at radius 2 is 1.81 bits per heavy atom. The van der Waals surface area contributed by atoms with Crippen LogP contribution in [-0.4, -0.2) is 41.6 Å². The van der Waals surface area contributed by atoms with E-state index in [1.165, 1.54) is 11.7 Å². The molecule has 0 spiro atoms. The van der Waals surface area contributed by atoms with E-state index in [1.807, 2.05) is 4.90 Å². The second-order valence-electron chi connectivity index (χ2n) is 7.42. The molecule has 2 N–H and O–H groups in total. The number of primary amides is 1. The molecule has 3 aromatic rings. The van der Waals surface area contributed by atoms with Gasteiger partial charge in [-0.15, -0.1) is 0 Å². The average Bonchev–Trinajstić information content (AvgIpc) is 2.79. The molecular formula is C22H21ClN4O4. The van der Waals surface area contributed by atoms with Crippen LogP contribution in [0.3, 0.4) is 0 Å². The van der Waals surface area contributed by atoms with Crippen LogP contribution in [0.5, 0.6) is 0 Å². The zero-order chi connectivity index (χ0) is 22.1. The highest BCUT2D eigenvalue weighted by atomic mass is 35.5. The van der Waals surface area contributed by atoms with Crippen molar-refractivity contribution >= 4 is 40.3 Å². The van der Waals surface area contributed by atoms with Gasteiger partial charge in [-0.3, -0.25) is 9.59 Å². The number of halogens is 1. The van der Waals surface area contributed by atoms with Crippen LogP contribution in [0.15, 0.2) is 47.3 Å². The van der Waals surface area contributed by atoms with Gasteiger partial charge in [0, 0.05) is 24.0 Å². The number of piperidine rings is 1. The van der Waals surface area contributed by atoms with Crippen LogP contribution < -0.4 is 16.2 Å². The highest BCUT2D eigenvalue weighted by Gasteiger charge is 2.27. The fourth-order valence-corrected chi connectivity index (χ4v) is 3.94. The van der Waals surface area contributed by atoms with E-state index in [0.29, 0.717) is 59.1 Å². The summed E-state index contributed by atoms with van der Waals surface area (Å²) in [7, 11) is 1.30. The summed E-state index contributed by atoms with van der Waals surface area (Å²) in [6.45, 7) is 1.05. The maximum absolute atomic E-state index is 13.5. The molecule has 0 saturated carbocycles. The Bertz CT molecular complexity index is 1210. The van der Waals surface area contributed by atoms with Gasteiger partial charge in [-0.2, -0.15) is 0 Å². The minimum absolute atomic E-state index is 0.196. The fraction of sp³-hybridized carbons (Fsp3) is 0.273. The first-order valence-corrected chi connectivity index (χ1v) is 10.2. The number of methoxy groups -OCH3 is 1. The predicted molar refractivity (Wildman–Crippen MR) is 118 cm³/mol. The van der Waals surface area contributed by atoms with Gasteiger partial charge in [0.15, 0.2) is 0 Å². The van der Waals surface area contributed by atoms with Crippen LogP contribution in [0.2, 0.25) is 5.02 Å². The molecule has 9 heteroatoms. The number of hydrogen-bond donors (Lipinski definition) is 1. The number of anilines is 1. The average molecular weight is 441 g/mol. The first-order chi connectivity index (χ1) is 14.9. The lowest BCUT2D eigenvalue weighted by atomic mass is 9.96. The predicted octanol–water partition coefficient (Wildman–Crippen LogP) is 2.53. The van der Waals surface area contributed by atoms with E-state index >= 15 is 0 Å². The molecule has 1 amide bonds. The van der Waals surface area contributed by atoms with Crippen LogP contribution >= 0.6 is 11.6 Å². The maximum Gasteiger partial charge on any atom is 0.337 e. The van der Waals surface area contributed by atoms with E-state index in [-0.39, 0.29) is 17.4 Å². The van der Waals surface area contributed by atoms with Crippen LogP contribution in [-0.2, 0) is 9.53 Å². The standard InChI is InChI=1S/C22H21ClN4O4/c1-31-21(30)14-2-7-17-18(12-14)25-22(26-10-8-13(9-11-26)19(24)28)27(20(17)29)16-5-3-15(23)4-6-16/h2-7,12-13H,8-11H2,1H3,(H2,24,28). The van der Waals surface area contributed by atoms with Crippen LogP contribution in [0, 0.1) is 5.92 Å². The molecule has 1 aromatic heterocycles. The van der Waals surface area contributed by atoms with Gasteiger partial charge in [0.25, 0.3) is 5.56 Å². The van der Waals surface area contributed by atoms with E-state index < -0.39 is 5.97 Å². The second kappa shape index (κ2) is 8.39. The number of nitrogens with two attached hydrogens (primary N) is 1. The number of ether oxygens (including phenoxy) is 1. The molecule has 31 heavy (non-hydrogen) atoms. The summed E-state index contributed by atoms with van der Waals surface area (Å²) < 4.78 is 6.31. The first kappa shape index (κ1) is 20.9. The molecule has 1 saturated heterocycles. The van der Waals surface area contributed by atoms with Crippen LogP contribution in [0.1, 0.15) is 23.2 Å². The van der Waals surface area contributed by atoms with E-state index in [2.05, 4.69) is 0 Å². The Labute approximate surface area is 183 Å². The molecular weight excluding hydrogens is 420 g/mol. The number of hydrogen-bond acceptors (Lipinski definition) is 6. The van der Waals surface area contributed by atoms with E-state index in [4.69, 9.17) is 27.1 Å². The monoisotopic (exact) mass is 440 g/mol. The zero-order valence-electron chi connectivity index (χ0n) is 16.9. The van der Waals surface area contributed by atoms with Gasteiger partial charge in [-0.1, -0.05) is 11.6 Å². The summed E-state index contributed by atoms with van der Waals surface area (Å²) in [5, 5.41) is 0.926. The lowest BCUT2D eigenvalue weighted by Gasteiger charge is -2.32. The normalized spacial score (nSPS) is 14.6. The Hall–Kier alpha value is -3.39. The Balaban J connectivity index is 1.88. The van der Waals surface area contributed by atoms with Crippen molar-refractivity contribution in [3.8, 4) is 5.69 Å². The Morgan fingerprint density at radius 1 is 1.13 bits per heavy atom. The van der Waals surface area contributed by atoms with Crippen LogP contribution in [0.4, 0.5) is 5.95 Å². The molecule has 8 nitrogen and oxygen atoms in total. The summed E-state index contributed by atoms with van der Waals surface area (Å²) in [4.78, 5) is 43.7. The molecule has 0 aliphatic carbocycles. The molecule has 4 rings (SSSR count). The topological polar surface area (TPSA) is 108 Å². The minimum Gasteiger partial charge on any atom is -0.465 e. The van der Waals surface area contributed by atoms with Gasteiger partial charge in [-0.25, -0.2) is 14.3 Å². The largest absolute Gasteiger partial charge is 0.465 e. The quantitative estimate of drug-likeness (QED) is 0.624. The number of aromatic nitrogens is 2. The highest BCUT2D eigenvalue weighted by molar-refractivity contribution is 6.30. The molecule has 1 aliphatic heterocycles. The van der Waals surface area contributed by atoms with Crippen molar-refractivity contribution in [2.75, 3.05) is 25.1 Å². The first-order valence-electron chi connectivity index (χ1n) is 9.84. The lowest BCUT2D eigenvalue weighted by molar-refractivity contribution is -0.122. The number of nitrogens with zero attached hydrogens (tertiary/aromatic N) is 3. The number of carbonyl (C=O) groups excluding carboxylic acids is 2. The molecule has 2 heterocycles. The Morgan fingerprint density at radius 3 is 2.42 bits per heavy atom. The number of fused-ring (bicyclic) bond motifs is 1. The van der Waals surface area contributed by atoms with Crippen molar-refractivity contribution in [1.82, 2.24) is 9.55 Å². The molecule has 0 bridgehead atoms. The van der Waals surface area contributed by atoms with Crippen molar-refractivity contribution in [2.24, 2.45) is 11.7 Å². The summed E-state index contributed by atoms with van der Waals surface area (Å²) in [6.07, 6.45) is 1.15. The molecule has 160 valence electrons. The van der Waals surface area contributed by atoms with Gasteiger partial charge >= 0.3 is 5.97 Å². The van der Waals surface area contributed by atoms with Crippen molar-refractivity contribution < 1.29 is 14.3 Å². The van der Waals surface area contributed by atoms with Crippen molar-refractivity contribution in [1.29, 1.82) is 0 Å². The molecule has 2 aromatic carbocycles. The zero-order valence-corrected chi connectivity index (χ0v) is 17.6. The third-order valence-electron chi connectivity index (χ3n) is 5.54. The number of benzene rings is 2. The van der Waals surface area contributed by atoms with Gasteiger partial charge in [0.1, 0.15) is 0 Å². The van der Waals surface area contributed by atoms with Crippen molar-refractivity contribution in [3.63, 3.8) is 0 Å². The number of carbonyl (C=O) groups is 2. The van der Waals surface area contributed by atoms with Crippen molar-refractivity contribution in [2.45, 2.75) is 12.8 Å². The van der Waals surface area contributed by atoms with Crippen molar-refractivity contribution in [3.05, 3.63) is 63.4 Å². The highest BCUT2D eigenvalue weighted by Crippen LogP contribution is 2.26. The van der Waals surface area contributed by atoms with E-state index in [1.54, 1.807) is 42.5 Å². The molecule has 0 unspecified atom stereocenters. The van der Waals surface area contributed by atoms with E-state index in [9.17, 15) is 14.4 Å². The van der Waals surface area contributed by atoms with Gasteiger partial charge < -0.3 is 15.4 Å². The lowest BCUT2D eigenvalue weighted by Crippen LogP contribution is -2.41. The number of rotatable bonds is 4. The van der Waals surface area contributed by atoms with Gasteiger partial charge in [0.2, 0.25) is 11.9 Å². The summed E-state index contributed by atoms with van der Waals surface area (Å²) in [5.41, 5.74) is 6.51. The summed E-state index contributed by atoms with van der Waals surface area (Å²) in [6, 6.07) is 11.6. The number of amides is 1. The fourth-order valence-electron chi connectivity index (χ4n) is 3.82. The third kappa shape index (κ3) is 3.98. The smallest absolute Gasteiger partial charge is 0.337 e. The SMILES string of the molecule is COC(=O)c1ccc2c(=O)n(-c3ccc(Cl)cc3)c(N3CCC(C(N)=O)CC3)nc2c1. The summed E-state index contributed by atoms with van der Waals surface area (Å²) in [5.74, 6) is -0.582. The number of esters is 1. The molecule has 0 atom stereocenters. The van der Waals surface area contributed by atoms with Gasteiger partial charge in [-0.05, 0) is 55.3 Å². The van der Waals surface area contributed by atoms with Gasteiger partial charge in [0.05, 0.1) is 29.3 Å². The molecule has 1 fully saturated rings. The van der Waals surface area contributed by atoms with E-state index in [0.717, 1.165) is 0 Å². The Kier molecular flexibility index (Phi) is 5.65. The summed E-state index contributed by atoms with van der Waals surface area (Å²) >= 11 is 6.03.